The summed E-state index contributed by atoms with van der Waals surface area (Å²) in [6.07, 6.45) is 1.84. The third-order valence-electron chi connectivity index (χ3n) is 3.78. The summed E-state index contributed by atoms with van der Waals surface area (Å²) in [7, 11) is 0. The Morgan fingerprint density at radius 1 is 1.37 bits per heavy atom. The molecule has 0 radical (unpaired) electrons. The maximum Gasteiger partial charge on any atom is 0.127 e. The van der Waals surface area contributed by atoms with Crippen LogP contribution in [0.4, 0.5) is 8.78 Å². The Bertz CT molecular complexity index is 513. The van der Waals surface area contributed by atoms with Gasteiger partial charge in [-0.15, -0.1) is 0 Å². The Morgan fingerprint density at radius 2 is 2.05 bits per heavy atom. The molecule has 0 atom stereocenters. The molecule has 1 N–H and O–H groups in total. The van der Waals surface area contributed by atoms with Crippen LogP contribution in [0.2, 0.25) is 0 Å². The van der Waals surface area contributed by atoms with Crippen LogP contribution in [0.25, 0.3) is 0 Å². The van der Waals surface area contributed by atoms with Gasteiger partial charge in [-0.2, -0.15) is 5.26 Å². The Morgan fingerprint density at radius 3 is 2.63 bits per heavy atom. The predicted molar refractivity (Wildman–Crippen MR) is 69.5 cm³/mol. The molecule has 0 saturated heterocycles. The molecule has 19 heavy (non-hydrogen) atoms. The summed E-state index contributed by atoms with van der Waals surface area (Å²) in [5.74, 6) is -0.824. The number of benzene rings is 1. The largest absolute Gasteiger partial charge is 0.314 e. The van der Waals surface area contributed by atoms with Crippen molar-refractivity contribution in [1.29, 1.82) is 5.26 Å². The van der Waals surface area contributed by atoms with E-state index < -0.39 is 17.0 Å². The highest BCUT2D eigenvalue weighted by atomic mass is 19.1. The third-order valence-corrected chi connectivity index (χ3v) is 3.78. The van der Waals surface area contributed by atoms with E-state index >= 15 is 0 Å². The molecule has 102 valence electrons. The Balaban J connectivity index is 2.01. The first-order valence-corrected chi connectivity index (χ1v) is 6.46. The van der Waals surface area contributed by atoms with Crippen LogP contribution >= 0.6 is 0 Å². The van der Waals surface area contributed by atoms with Crippen LogP contribution in [-0.4, -0.2) is 13.1 Å². The van der Waals surface area contributed by atoms with Crippen LogP contribution in [0.5, 0.6) is 0 Å². The molecule has 2 nitrogen and oxygen atoms in total. The molecule has 0 aliphatic heterocycles. The number of nitriles is 1. The second-order valence-electron chi connectivity index (χ2n) is 6.00. The van der Waals surface area contributed by atoms with Gasteiger partial charge in [0.1, 0.15) is 11.6 Å². The second kappa shape index (κ2) is 4.90. The van der Waals surface area contributed by atoms with E-state index in [0.29, 0.717) is 18.7 Å². The van der Waals surface area contributed by atoms with E-state index in [-0.39, 0.29) is 5.41 Å². The smallest absolute Gasteiger partial charge is 0.127 e. The van der Waals surface area contributed by atoms with Crippen molar-refractivity contribution in [1.82, 2.24) is 5.32 Å². The minimum atomic E-state index is -0.516. The highest BCUT2D eigenvalue weighted by Gasteiger charge is 2.42. The van der Waals surface area contributed by atoms with Gasteiger partial charge in [0.2, 0.25) is 0 Å². The lowest BCUT2D eigenvalue weighted by Gasteiger charge is -2.26. The van der Waals surface area contributed by atoms with Crippen molar-refractivity contribution in [3.8, 4) is 6.07 Å². The van der Waals surface area contributed by atoms with Crippen LogP contribution in [0.3, 0.4) is 0 Å². The fraction of sp³-hybridized carbons (Fsp3) is 0.533. The molecule has 0 bridgehead atoms. The summed E-state index contributed by atoms with van der Waals surface area (Å²) in [5, 5.41) is 12.2. The van der Waals surface area contributed by atoms with Gasteiger partial charge in [-0.25, -0.2) is 8.78 Å². The fourth-order valence-corrected chi connectivity index (χ4v) is 2.20. The van der Waals surface area contributed by atoms with Crippen molar-refractivity contribution in [2.75, 3.05) is 13.1 Å². The van der Waals surface area contributed by atoms with Crippen molar-refractivity contribution in [3.05, 3.63) is 35.4 Å². The second-order valence-corrected chi connectivity index (χ2v) is 6.00. The Kier molecular flexibility index (Phi) is 3.60. The maximum atomic E-state index is 13.8. The summed E-state index contributed by atoms with van der Waals surface area (Å²) in [6.45, 7) is 4.86. The molecular weight excluding hydrogens is 246 g/mol. The zero-order chi connectivity index (χ0) is 14.1. The Labute approximate surface area is 112 Å². The molecular formula is C15H18F2N2. The normalized spacial score (nSPS) is 17.0. The molecule has 1 aliphatic carbocycles. The molecule has 0 spiro atoms. The third kappa shape index (κ3) is 3.10. The van der Waals surface area contributed by atoms with Crippen molar-refractivity contribution >= 4 is 0 Å². The molecule has 2 rings (SSSR count). The zero-order valence-corrected chi connectivity index (χ0v) is 11.3. The molecule has 1 aliphatic rings. The fourth-order valence-electron chi connectivity index (χ4n) is 2.20. The van der Waals surface area contributed by atoms with Gasteiger partial charge in [0.15, 0.2) is 0 Å². The molecule has 1 fully saturated rings. The summed E-state index contributed by atoms with van der Waals surface area (Å²) >= 11 is 0. The highest BCUT2D eigenvalue weighted by Crippen LogP contribution is 2.44. The molecule has 0 amide bonds. The highest BCUT2D eigenvalue weighted by molar-refractivity contribution is 5.27. The first kappa shape index (κ1) is 14.0. The number of nitrogens with one attached hydrogen (secondary N) is 1. The summed E-state index contributed by atoms with van der Waals surface area (Å²) in [4.78, 5) is 0. The van der Waals surface area contributed by atoms with Gasteiger partial charge in [-0.1, -0.05) is 13.8 Å². The molecule has 0 unspecified atom stereocenters. The van der Waals surface area contributed by atoms with E-state index in [0.717, 1.165) is 25.0 Å². The van der Waals surface area contributed by atoms with Crippen LogP contribution in [0.15, 0.2) is 18.2 Å². The molecule has 1 saturated carbocycles. The lowest BCUT2D eigenvalue weighted by Crippen LogP contribution is -2.36. The minimum absolute atomic E-state index is 0.226. The molecule has 1 aromatic rings. The van der Waals surface area contributed by atoms with Crippen molar-refractivity contribution in [2.45, 2.75) is 32.1 Å². The molecule has 0 heterocycles. The van der Waals surface area contributed by atoms with Crippen molar-refractivity contribution in [3.63, 3.8) is 0 Å². The van der Waals surface area contributed by atoms with Crippen LogP contribution in [0, 0.1) is 28.4 Å². The van der Waals surface area contributed by atoms with Gasteiger partial charge >= 0.3 is 0 Å². The van der Waals surface area contributed by atoms with E-state index in [4.69, 9.17) is 5.26 Å². The number of hydrogen-bond donors (Lipinski definition) is 1. The lowest BCUT2D eigenvalue weighted by atomic mass is 9.84. The monoisotopic (exact) mass is 264 g/mol. The summed E-state index contributed by atoms with van der Waals surface area (Å²) in [5.41, 5.74) is -0.379. The number of halogens is 2. The van der Waals surface area contributed by atoms with Gasteiger partial charge in [0, 0.05) is 18.5 Å². The Hall–Kier alpha value is -1.47. The van der Waals surface area contributed by atoms with E-state index in [9.17, 15) is 8.78 Å². The van der Waals surface area contributed by atoms with E-state index in [1.165, 1.54) is 6.07 Å². The first-order chi connectivity index (χ1) is 8.88. The van der Waals surface area contributed by atoms with Gasteiger partial charge in [0.05, 0.1) is 11.5 Å². The predicted octanol–water partition coefficient (Wildman–Crippen LogP) is 3.14. The zero-order valence-electron chi connectivity index (χ0n) is 11.3. The lowest BCUT2D eigenvalue weighted by molar-refractivity contribution is 0.423. The van der Waals surface area contributed by atoms with Crippen LogP contribution in [0.1, 0.15) is 32.3 Å². The van der Waals surface area contributed by atoms with E-state index in [1.807, 2.05) is 13.8 Å². The van der Waals surface area contributed by atoms with Crippen LogP contribution < -0.4 is 5.32 Å². The number of nitrogens with zero attached hydrogens (tertiary/aromatic N) is 1. The van der Waals surface area contributed by atoms with Crippen molar-refractivity contribution in [2.24, 2.45) is 5.41 Å². The number of hydrogen-bond acceptors (Lipinski definition) is 2. The van der Waals surface area contributed by atoms with E-state index in [1.54, 1.807) is 0 Å². The average molecular weight is 264 g/mol. The topological polar surface area (TPSA) is 35.8 Å². The number of rotatable bonds is 5. The van der Waals surface area contributed by atoms with Crippen molar-refractivity contribution < 1.29 is 8.78 Å². The molecule has 0 aromatic heterocycles. The van der Waals surface area contributed by atoms with Crippen LogP contribution in [-0.2, 0) is 5.41 Å². The summed E-state index contributed by atoms with van der Waals surface area (Å²) in [6, 6.07) is 5.83. The van der Waals surface area contributed by atoms with Gasteiger partial charge in [-0.05, 0) is 36.6 Å². The van der Waals surface area contributed by atoms with E-state index in [2.05, 4.69) is 11.4 Å². The SMILES string of the molecule is CC(C)(CNCC1(C#N)CC1)c1cc(F)ccc1F. The van der Waals surface area contributed by atoms with Gasteiger partial charge < -0.3 is 5.32 Å². The molecule has 4 heteroatoms. The average Bonchev–Trinajstić information content (AvgIpc) is 3.12. The maximum absolute atomic E-state index is 13.8. The minimum Gasteiger partial charge on any atom is -0.314 e. The van der Waals surface area contributed by atoms with Gasteiger partial charge in [0.25, 0.3) is 0 Å². The quantitative estimate of drug-likeness (QED) is 0.887. The first-order valence-electron chi connectivity index (χ1n) is 6.46. The summed E-state index contributed by atoms with van der Waals surface area (Å²) < 4.78 is 27.0. The van der Waals surface area contributed by atoms with Gasteiger partial charge in [-0.3, -0.25) is 0 Å². The standard InChI is InChI=1S/C15H18F2N2/c1-14(2,9-19-10-15(8-18)5-6-15)12-7-11(16)3-4-13(12)17/h3-4,7,19H,5-6,9-10H2,1-2H3. The molecule has 1 aromatic carbocycles.